The molecule has 0 spiro atoms. The second-order valence-corrected chi connectivity index (χ2v) is 13.8. The summed E-state index contributed by atoms with van der Waals surface area (Å²) in [5.74, 6) is 0. The summed E-state index contributed by atoms with van der Waals surface area (Å²) in [5, 5.41) is 15.9. The van der Waals surface area contributed by atoms with Crippen molar-refractivity contribution in [2.24, 2.45) is 0 Å². The Labute approximate surface area is 303 Å². The van der Waals surface area contributed by atoms with E-state index in [0.29, 0.717) is 33.2 Å². The molecule has 3 aromatic rings. The van der Waals surface area contributed by atoms with Crippen molar-refractivity contribution in [3.05, 3.63) is 96.5 Å². The fourth-order valence-corrected chi connectivity index (χ4v) is 7.61. The molecule has 0 amide bonds. The lowest BCUT2D eigenvalue weighted by molar-refractivity contribution is -0.742. The van der Waals surface area contributed by atoms with Gasteiger partial charge >= 0.3 is 0 Å². The summed E-state index contributed by atoms with van der Waals surface area (Å²) in [5.41, 5.74) is 1.71. The van der Waals surface area contributed by atoms with Crippen LogP contribution in [0.25, 0.3) is 0 Å². The first-order valence-corrected chi connectivity index (χ1v) is 18.1. The molecule has 1 atom stereocenters. The molecule has 45 heavy (non-hydrogen) atoms. The molecule has 1 aromatic heterocycles. The van der Waals surface area contributed by atoms with Crippen LogP contribution in [-0.4, -0.2) is 64.5 Å². The monoisotopic (exact) mass is 773 g/mol. The maximum atomic E-state index is 8.36. The molecule has 1 N–H and O–H groups in total. The van der Waals surface area contributed by atoms with E-state index < -0.39 is 5.09 Å². The van der Waals surface area contributed by atoms with E-state index in [2.05, 4.69) is 42.5 Å². The number of halogens is 4. The summed E-state index contributed by atoms with van der Waals surface area (Å²) >= 11 is 35.2. The van der Waals surface area contributed by atoms with E-state index in [1.165, 1.54) is 0 Å². The van der Waals surface area contributed by atoms with Crippen molar-refractivity contribution >= 4 is 101 Å². The molecule has 0 radical (unpaired) electrons. The van der Waals surface area contributed by atoms with Gasteiger partial charge in [0.25, 0.3) is 5.09 Å². The van der Waals surface area contributed by atoms with Crippen LogP contribution in [0.1, 0.15) is 44.9 Å². The molecule has 3 rings (SSSR count). The molecular formula is C28H35Cl4N5O4S4. The smallest absolute Gasteiger partial charge is 0.291 e. The Morgan fingerprint density at radius 3 is 1.87 bits per heavy atom. The minimum absolute atomic E-state index is 0.286. The summed E-state index contributed by atoms with van der Waals surface area (Å²) in [6, 6.07) is 10.7. The minimum atomic E-state index is -1.50. The van der Waals surface area contributed by atoms with E-state index in [1.807, 2.05) is 22.9 Å². The van der Waals surface area contributed by atoms with Crippen LogP contribution in [0.3, 0.4) is 0 Å². The highest BCUT2D eigenvalue weighted by atomic mass is 35.5. The first-order chi connectivity index (χ1) is 21.4. The normalized spacial score (nSPS) is 10.9. The third kappa shape index (κ3) is 16.2. The number of rotatable bonds is 10. The van der Waals surface area contributed by atoms with Gasteiger partial charge in [-0.2, -0.15) is 0 Å². The zero-order valence-electron chi connectivity index (χ0n) is 25.1. The highest BCUT2D eigenvalue weighted by Crippen LogP contribution is 2.32. The molecule has 9 nitrogen and oxygen atoms in total. The average Bonchev–Trinajstić information content (AvgIpc) is 3.50. The molecule has 0 aliphatic carbocycles. The van der Waals surface area contributed by atoms with Crippen LogP contribution < -0.4 is 0 Å². The average molecular weight is 776 g/mol. The lowest BCUT2D eigenvalue weighted by Crippen LogP contribution is -2.28. The van der Waals surface area contributed by atoms with Crippen LogP contribution in [0.4, 0.5) is 0 Å². The SMILES string of the molecule is CCN(CC)C(=S)SSC(=S)N(CC)CC.Clc1ccc(COC(Cn2ccnc2)c2ccc(Cl)cc2Cl)c(Cl)c1.O=[N+]([O-])O. The Hall–Kier alpha value is -1.55. The molecule has 0 saturated carbocycles. The zero-order chi connectivity index (χ0) is 33.9. The third-order valence-electron chi connectivity index (χ3n) is 5.93. The van der Waals surface area contributed by atoms with Gasteiger partial charge in [0.15, 0.2) is 0 Å². The zero-order valence-corrected chi connectivity index (χ0v) is 31.4. The van der Waals surface area contributed by atoms with Gasteiger partial charge in [0.05, 0.1) is 19.5 Å². The number of hydrogen-bond donors (Lipinski definition) is 1. The fraction of sp³-hybridized carbons (Fsp3) is 0.393. The van der Waals surface area contributed by atoms with Crippen LogP contribution in [0, 0.1) is 10.1 Å². The van der Waals surface area contributed by atoms with Crippen molar-refractivity contribution in [1.29, 1.82) is 0 Å². The number of imidazole rings is 1. The number of ether oxygens (including phenoxy) is 1. The van der Waals surface area contributed by atoms with Crippen LogP contribution in [-0.2, 0) is 17.9 Å². The van der Waals surface area contributed by atoms with E-state index in [0.717, 1.165) is 45.9 Å². The van der Waals surface area contributed by atoms with Crippen molar-refractivity contribution in [3.8, 4) is 0 Å². The van der Waals surface area contributed by atoms with Gasteiger partial charge in [-0.05, 0) is 79.1 Å². The Morgan fingerprint density at radius 2 is 1.44 bits per heavy atom. The summed E-state index contributed by atoms with van der Waals surface area (Å²) in [6.07, 6.45) is 5.03. The lowest BCUT2D eigenvalue weighted by Gasteiger charge is -2.23. The molecule has 2 aromatic carbocycles. The minimum Gasteiger partial charge on any atom is -0.367 e. The molecule has 17 heteroatoms. The molecule has 0 bridgehead atoms. The standard InChI is InChI=1S/C18H14Cl4N2O.C10H20N2S4.HNO3/c19-13-2-1-12(16(21)7-13)10-25-18(9-24-6-5-23-11-24)15-4-3-14(20)8-17(15)22;1-5-11(6-2)9(13)15-16-10(14)12(7-3)8-4;2-1(3)4/h1-8,11,18H,9-10H2;5-8H2,1-4H3;(H,2,3,4). The van der Waals surface area contributed by atoms with Crippen molar-refractivity contribution in [2.75, 3.05) is 26.2 Å². The first kappa shape index (κ1) is 41.5. The van der Waals surface area contributed by atoms with Gasteiger partial charge in [-0.25, -0.2) is 4.98 Å². The van der Waals surface area contributed by atoms with Gasteiger partial charge in [0, 0.05) is 64.2 Å². The predicted octanol–water partition coefficient (Wildman–Crippen LogP) is 9.73. The third-order valence-corrected chi connectivity index (χ3v) is 10.8. The number of aromatic nitrogens is 2. The van der Waals surface area contributed by atoms with Gasteiger partial charge < -0.3 is 24.3 Å². The second-order valence-electron chi connectivity index (χ2n) is 8.74. The molecule has 1 unspecified atom stereocenters. The van der Waals surface area contributed by atoms with Gasteiger partial charge in [-0.3, -0.25) is 0 Å². The molecule has 0 saturated heterocycles. The van der Waals surface area contributed by atoms with E-state index >= 15 is 0 Å². The van der Waals surface area contributed by atoms with Gasteiger partial charge in [0.1, 0.15) is 14.7 Å². The van der Waals surface area contributed by atoms with Gasteiger partial charge in [-0.15, -0.1) is 10.1 Å². The molecule has 248 valence electrons. The van der Waals surface area contributed by atoms with E-state index in [9.17, 15) is 0 Å². The van der Waals surface area contributed by atoms with Crippen LogP contribution in [0.5, 0.6) is 0 Å². The van der Waals surface area contributed by atoms with Crippen molar-refractivity contribution in [3.63, 3.8) is 0 Å². The first-order valence-electron chi connectivity index (χ1n) is 13.6. The highest BCUT2D eigenvalue weighted by Gasteiger charge is 2.18. The van der Waals surface area contributed by atoms with Gasteiger partial charge in [-0.1, -0.05) is 83.0 Å². The van der Waals surface area contributed by atoms with Crippen LogP contribution in [0.15, 0.2) is 55.1 Å². The van der Waals surface area contributed by atoms with Gasteiger partial charge in [0.2, 0.25) is 0 Å². The van der Waals surface area contributed by atoms with Crippen LogP contribution >= 0.6 is 92.4 Å². The summed E-state index contributed by atoms with van der Waals surface area (Å²) in [6.45, 7) is 13.2. The molecular weight excluding hydrogens is 740 g/mol. The largest absolute Gasteiger partial charge is 0.367 e. The predicted molar refractivity (Wildman–Crippen MR) is 198 cm³/mol. The maximum absolute atomic E-state index is 8.36. The summed E-state index contributed by atoms with van der Waals surface area (Å²) < 4.78 is 9.90. The summed E-state index contributed by atoms with van der Waals surface area (Å²) in [7, 11) is 3.18. The number of benzene rings is 2. The Balaban J connectivity index is 0.000000437. The lowest BCUT2D eigenvalue weighted by atomic mass is 10.1. The molecule has 1 heterocycles. The number of nitrogens with zero attached hydrogens (tertiary/aromatic N) is 5. The van der Waals surface area contributed by atoms with E-state index in [1.54, 1.807) is 58.4 Å². The quantitative estimate of drug-likeness (QED) is 0.0923. The second kappa shape index (κ2) is 22.9. The Kier molecular flexibility index (Phi) is 21.1. The van der Waals surface area contributed by atoms with Crippen molar-refractivity contribution in [2.45, 2.75) is 47.0 Å². The van der Waals surface area contributed by atoms with E-state index in [-0.39, 0.29) is 6.10 Å². The highest BCUT2D eigenvalue weighted by molar-refractivity contribution is 8.89. The topological polar surface area (TPSA) is 96.9 Å². The Bertz CT molecular complexity index is 1320. The molecule has 0 fully saturated rings. The van der Waals surface area contributed by atoms with Crippen molar-refractivity contribution in [1.82, 2.24) is 19.4 Å². The number of thiocarbonyl (C=S) groups is 2. The summed E-state index contributed by atoms with van der Waals surface area (Å²) in [4.78, 5) is 16.8. The fourth-order valence-electron chi connectivity index (χ4n) is 3.56. The Morgan fingerprint density at radius 1 is 0.956 bits per heavy atom. The van der Waals surface area contributed by atoms with E-state index in [4.69, 9.17) is 90.9 Å². The van der Waals surface area contributed by atoms with Crippen LogP contribution in [0.2, 0.25) is 20.1 Å². The number of hydrogen-bond acceptors (Lipinski definition) is 8. The van der Waals surface area contributed by atoms with Crippen molar-refractivity contribution < 1.29 is 15.0 Å². The molecule has 0 aliphatic rings. The molecule has 0 aliphatic heterocycles. The maximum Gasteiger partial charge on any atom is 0.291 e.